The fraction of sp³-hybridized carbons (Fsp3) is 0.857. The van der Waals surface area contributed by atoms with Gasteiger partial charge in [0.15, 0.2) is 0 Å². The number of carbonyl (C=O) groups excluding carboxylic acids is 1. The topological polar surface area (TPSA) is 78.4 Å². The third-order valence-corrected chi connectivity index (χ3v) is 4.33. The number of nitrogens with one attached hydrogen (secondary N) is 2. The van der Waals surface area contributed by atoms with Gasteiger partial charge in [0.25, 0.3) is 0 Å². The van der Waals surface area contributed by atoms with Gasteiger partial charge in [0.05, 0.1) is 6.54 Å². The predicted octanol–water partition coefficient (Wildman–Crippen LogP) is 1.14. The van der Waals surface area contributed by atoms with Gasteiger partial charge in [-0.3, -0.25) is 4.79 Å². The first kappa shape index (κ1) is 14.3. The van der Waals surface area contributed by atoms with Gasteiger partial charge in [-0.15, -0.1) is 0 Å². The fourth-order valence-electron chi connectivity index (χ4n) is 2.67. The van der Waals surface area contributed by atoms with Crippen LogP contribution in [-0.2, 0) is 9.59 Å². The normalized spacial score (nSPS) is 30.9. The highest BCUT2D eigenvalue weighted by atomic mass is 16.4. The summed E-state index contributed by atoms with van der Waals surface area (Å²) in [5.74, 6) is 0.182. The number of aliphatic carboxylic acids is 1. The van der Waals surface area contributed by atoms with E-state index >= 15 is 0 Å². The van der Waals surface area contributed by atoms with Gasteiger partial charge in [-0.05, 0) is 56.9 Å². The van der Waals surface area contributed by atoms with Crippen LogP contribution in [0.1, 0.15) is 45.4 Å². The van der Waals surface area contributed by atoms with E-state index in [9.17, 15) is 14.7 Å². The molecule has 19 heavy (non-hydrogen) atoms. The Balaban J connectivity index is 1.81. The van der Waals surface area contributed by atoms with Crippen LogP contribution in [0, 0.1) is 11.8 Å². The lowest BCUT2D eigenvalue weighted by atomic mass is 9.77. The standard InChI is InChI=1S/C14H24N2O3/c1-10-4-6-14(7-5-10,13(18)19)16-12(17)9-15-8-11-2-3-11/h10-11,15H,2-9H2,1H3,(H,16,17)(H,18,19). The highest BCUT2D eigenvalue weighted by molar-refractivity contribution is 5.88. The van der Waals surface area contributed by atoms with E-state index in [2.05, 4.69) is 17.6 Å². The van der Waals surface area contributed by atoms with Crippen molar-refractivity contribution in [2.75, 3.05) is 13.1 Å². The number of carbonyl (C=O) groups is 2. The zero-order chi connectivity index (χ0) is 13.9. The third-order valence-electron chi connectivity index (χ3n) is 4.33. The maximum absolute atomic E-state index is 11.9. The van der Waals surface area contributed by atoms with Gasteiger partial charge in [0, 0.05) is 0 Å². The van der Waals surface area contributed by atoms with Gasteiger partial charge in [-0.2, -0.15) is 0 Å². The molecule has 0 bridgehead atoms. The van der Waals surface area contributed by atoms with Crippen molar-refractivity contribution in [1.29, 1.82) is 0 Å². The SMILES string of the molecule is CC1CCC(NC(=O)CNCC2CC2)(C(=O)O)CC1. The Bertz CT molecular complexity index is 345. The molecule has 2 saturated carbocycles. The Hall–Kier alpha value is -1.10. The Morgan fingerprint density at radius 2 is 1.84 bits per heavy atom. The molecule has 0 radical (unpaired) electrons. The molecule has 0 aromatic rings. The summed E-state index contributed by atoms with van der Waals surface area (Å²) in [6.45, 7) is 3.22. The summed E-state index contributed by atoms with van der Waals surface area (Å²) in [5.41, 5.74) is -1.04. The van der Waals surface area contributed by atoms with Crippen LogP contribution < -0.4 is 10.6 Å². The number of carboxylic acids is 1. The maximum Gasteiger partial charge on any atom is 0.329 e. The van der Waals surface area contributed by atoms with Gasteiger partial charge in [0.2, 0.25) is 5.91 Å². The molecular formula is C14H24N2O3. The zero-order valence-corrected chi connectivity index (χ0v) is 11.6. The fourth-order valence-corrected chi connectivity index (χ4v) is 2.67. The average Bonchev–Trinajstić information content (AvgIpc) is 3.16. The number of hydrogen-bond acceptors (Lipinski definition) is 3. The molecule has 3 N–H and O–H groups in total. The molecule has 0 unspecified atom stereocenters. The van der Waals surface area contributed by atoms with E-state index in [-0.39, 0.29) is 12.5 Å². The van der Waals surface area contributed by atoms with Crippen LogP contribution >= 0.6 is 0 Å². The molecule has 5 heteroatoms. The molecule has 2 aliphatic carbocycles. The number of rotatable bonds is 6. The van der Waals surface area contributed by atoms with Crippen molar-refractivity contribution < 1.29 is 14.7 Å². The van der Waals surface area contributed by atoms with E-state index in [1.807, 2.05) is 0 Å². The third kappa shape index (κ3) is 3.93. The summed E-state index contributed by atoms with van der Waals surface area (Å²) >= 11 is 0. The molecule has 1 amide bonds. The Kier molecular flexibility index (Phi) is 4.45. The molecule has 0 aliphatic heterocycles. The zero-order valence-electron chi connectivity index (χ0n) is 11.6. The largest absolute Gasteiger partial charge is 0.480 e. The van der Waals surface area contributed by atoms with Gasteiger partial charge in [-0.1, -0.05) is 6.92 Å². The lowest BCUT2D eigenvalue weighted by Crippen LogP contribution is -2.57. The Morgan fingerprint density at radius 1 is 1.21 bits per heavy atom. The summed E-state index contributed by atoms with van der Waals surface area (Å²) in [5, 5.41) is 15.3. The molecule has 0 spiro atoms. The first-order chi connectivity index (χ1) is 9.02. The van der Waals surface area contributed by atoms with Crippen molar-refractivity contribution in [2.45, 2.75) is 51.0 Å². The molecule has 0 saturated heterocycles. The van der Waals surface area contributed by atoms with E-state index in [0.717, 1.165) is 25.3 Å². The summed E-state index contributed by atoms with van der Waals surface area (Å²) in [6, 6.07) is 0. The highest BCUT2D eigenvalue weighted by Crippen LogP contribution is 2.32. The molecule has 0 aromatic heterocycles. The molecule has 2 fully saturated rings. The van der Waals surface area contributed by atoms with Crippen molar-refractivity contribution in [1.82, 2.24) is 10.6 Å². The van der Waals surface area contributed by atoms with E-state index in [1.54, 1.807) is 0 Å². The van der Waals surface area contributed by atoms with Crippen LogP contribution in [0.2, 0.25) is 0 Å². The summed E-state index contributed by atoms with van der Waals surface area (Å²) in [6.07, 6.45) is 5.29. The van der Waals surface area contributed by atoms with Crippen LogP contribution in [0.25, 0.3) is 0 Å². The van der Waals surface area contributed by atoms with Crippen LogP contribution in [0.15, 0.2) is 0 Å². The van der Waals surface area contributed by atoms with Crippen molar-refractivity contribution in [2.24, 2.45) is 11.8 Å². The first-order valence-electron chi connectivity index (χ1n) is 7.27. The minimum atomic E-state index is -1.04. The molecule has 2 aliphatic rings. The summed E-state index contributed by atoms with van der Waals surface area (Å²) in [7, 11) is 0. The van der Waals surface area contributed by atoms with E-state index in [4.69, 9.17) is 0 Å². The maximum atomic E-state index is 11.9. The lowest BCUT2D eigenvalue weighted by molar-refractivity contribution is -0.149. The Labute approximate surface area is 114 Å². The highest BCUT2D eigenvalue weighted by Gasteiger charge is 2.42. The van der Waals surface area contributed by atoms with Crippen LogP contribution in [-0.4, -0.2) is 35.6 Å². The second kappa shape index (κ2) is 5.90. The minimum absolute atomic E-state index is 0.197. The quantitative estimate of drug-likeness (QED) is 0.675. The van der Waals surface area contributed by atoms with E-state index in [1.165, 1.54) is 12.8 Å². The average molecular weight is 268 g/mol. The van der Waals surface area contributed by atoms with Gasteiger partial charge < -0.3 is 15.7 Å². The second-order valence-electron chi connectivity index (χ2n) is 6.19. The smallest absolute Gasteiger partial charge is 0.329 e. The van der Waals surface area contributed by atoms with Gasteiger partial charge in [-0.25, -0.2) is 4.79 Å². The van der Waals surface area contributed by atoms with Crippen LogP contribution in [0.3, 0.4) is 0 Å². The second-order valence-corrected chi connectivity index (χ2v) is 6.19. The van der Waals surface area contributed by atoms with E-state index in [0.29, 0.717) is 18.8 Å². The summed E-state index contributed by atoms with van der Waals surface area (Å²) in [4.78, 5) is 23.3. The van der Waals surface area contributed by atoms with Crippen molar-refractivity contribution in [3.05, 3.63) is 0 Å². The van der Waals surface area contributed by atoms with Crippen molar-refractivity contribution >= 4 is 11.9 Å². The summed E-state index contributed by atoms with van der Waals surface area (Å²) < 4.78 is 0. The molecule has 0 heterocycles. The van der Waals surface area contributed by atoms with Crippen molar-refractivity contribution in [3.63, 3.8) is 0 Å². The molecule has 0 atom stereocenters. The molecule has 0 aromatic carbocycles. The molecular weight excluding hydrogens is 244 g/mol. The number of carboxylic acid groups (broad SMARTS) is 1. The molecule has 108 valence electrons. The lowest BCUT2D eigenvalue weighted by Gasteiger charge is -2.36. The number of amides is 1. The van der Waals surface area contributed by atoms with Gasteiger partial charge >= 0.3 is 5.97 Å². The van der Waals surface area contributed by atoms with Crippen LogP contribution in [0.4, 0.5) is 0 Å². The van der Waals surface area contributed by atoms with Gasteiger partial charge in [0.1, 0.15) is 5.54 Å². The predicted molar refractivity (Wildman–Crippen MR) is 71.7 cm³/mol. The monoisotopic (exact) mass is 268 g/mol. The Morgan fingerprint density at radius 3 is 2.37 bits per heavy atom. The minimum Gasteiger partial charge on any atom is -0.480 e. The first-order valence-corrected chi connectivity index (χ1v) is 7.27. The van der Waals surface area contributed by atoms with E-state index < -0.39 is 11.5 Å². The van der Waals surface area contributed by atoms with Crippen LogP contribution in [0.5, 0.6) is 0 Å². The molecule has 2 rings (SSSR count). The number of hydrogen-bond donors (Lipinski definition) is 3. The molecule has 5 nitrogen and oxygen atoms in total. The van der Waals surface area contributed by atoms with Crippen molar-refractivity contribution in [3.8, 4) is 0 Å².